The van der Waals surface area contributed by atoms with Crippen LogP contribution in [-0.4, -0.2) is 49.0 Å². The topological polar surface area (TPSA) is 80.8 Å². The lowest BCUT2D eigenvalue weighted by atomic mass is 9.96. The van der Waals surface area contributed by atoms with Gasteiger partial charge in [-0.25, -0.2) is 4.98 Å². The van der Waals surface area contributed by atoms with Gasteiger partial charge in [0.1, 0.15) is 0 Å². The van der Waals surface area contributed by atoms with Gasteiger partial charge in [0.05, 0.1) is 25.8 Å². The smallest absolute Gasteiger partial charge is 0.253 e. The number of methoxy groups -OCH3 is 2. The van der Waals surface area contributed by atoms with Crippen LogP contribution in [0.1, 0.15) is 23.2 Å². The molecule has 1 saturated heterocycles. The van der Waals surface area contributed by atoms with Crippen molar-refractivity contribution in [2.45, 2.75) is 12.8 Å². The van der Waals surface area contributed by atoms with E-state index in [0.717, 1.165) is 24.1 Å². The van der Waals surface area contributed by atoms with Gasteiger partial charge in [-0.05, 0) is 55.3 Å². The molecule has 0 saturated carbocycles. The van der Waals surface area contributed by atoms with Crippen LogP contribution in [0.15, 0.2) is 47.8 Å². The minimum Gasteiger partial charge on any atom is -0.493 e. The van der Waals surface area contributed by atoms with E-state index in [0.29, 0.717) is 40.3 Å². The van der Waals surface area contributed by atoms with Gasteiger partial charge in [-0.15, -0.1) is 11.3 Å². The average molecular weight is 486 g/mol. The first kappa shape index (κ1) is 23.1. The van der Waals surface area contributed by atoms with Crippen LogP contribution in [0.25, 0.3) is 11.3 Å². The van der Waals surface area contributed by atoms with Crippen LogP contribution in [0.5, 0.6) is 11.5 Å². The lowest BCUT2D eigenvalue weighted by Crippen LogP contribution is -2.43. The number of ether oxygens (including phenoxy) is 2. The van der Waals surface area contributed by atoms with Crippen molar-refractivity contribution in [3.8, 4) is 22.8 Å². The molecule has 0 spiro atoms. The third kappa shape index (κ3) is 5.29. The first-order valence-corrected chi connectivity index (χ1v) is 11.8. The average Bonchev–Trinajstić information content (AvgIpc) is 3.32. The van der Waals surface area contributed by atoms with E-state index in [2.05, 4.69) is 10.3 Å². The van der Waals surface area contributed by atoms with Gasteiger partial charge in [0.2, 0.25) is 5.91 Å². The first-order chi connectivity index (χ1) is 16.0. The number of carbonyl (C=O) groups excluding carboxylic acids is 2. The summed E-state index contributed by atoms with van der Waals surface area (Å²) < 4.78 is 10.6. The molecule has 172 valence electrons. The number of likely N-dealkylation sites (tertiary alicyclic amines) is 1. The summed E-state index contributed by atoms with van der Waals surface area (Å²) in [6.07, 6.45) is 1.50. The van der Waals surface area contributed by atoms with Crippen molar-refractivity contribution in [1.82, 2.24) is 9.88 Å². The molecule has 1 aromatic heterocycles. The van der Waals surface area contributed by atoms with Crippen molar-refractivity contribution >= 4 is 39.9 Å². The second-order valence-corrected chi connectivity index (χ2v) is 8.99. The molecule has 1 atom stereocenters. The van der Waals surface area contributed by atoms with Gasteiger partial charge in [-0.1, -0.05) is 11.6 Å². The number of benzene rings is 2. The largest absolute Gasteiger partial charge is 0.493 e. The maximum Gasteiger partial charge on any atom is 0.253 e. The van der Waals surface area contributed by atoms with Crippen LogP contribution in [0.3, 0.4) is 0 Å². The molecule has 1 N–H and O–H groups in total. The minimum absolute atomic E-state index is 0.0887. The second kappa shape index (κ2) is 10.2. The Labute approximate surface area is 201 Å². The summed E-state index contributed by atoms with van der Waals surface area (Å²) in [4.78, 5) is 32.0. The molecule has 0 radical (unpaired) electrons. The van der Waals surface area contributed by atoms with Crippen molar-refractivity contribution in [3.05, 3.63) is 58.4 Å². The third-order valence-electron chi connectivity index (χ3n) is 5.58. The van der Waals surface area contributed by atoms with E-state index in [1.165, 1.54) is 11.3 Å². The van der Waals surface area contributed by atoms with Crippen molar-refractivity contribution in [2.75, 3.05) is 32.6 Å². The molecule has 33 heavy (non-hydrogen) atoms. The molecule has 1 fully saturated rings. The molecule has 7 nitrogen and oxygen atoms in total. The van der Waals surface area contributed by atoms with Gasteiger partial charge in [-0.2, -0.15) is 0 Å². The van der Waals surface area contributed by atoms with Crippen molar-refractivity contribution in [1.29, 1.82) is 0 Å². The summed E-state index contributed by atoms with van der Waals surface area (Å²) in [7, 11) is 3.17. The number of anilines is 1. The van der Waals surface area contributed by atoms with Crippen LogP contribution in [-0.2, 0) is 4.79 Å². The predicted octanol–water partition coefficient (Wildman–Crippen LogP) is 4.97. The van der Waals surface area contributed by atoms with Crippen LogP contribution >= 0.6 is 22.9 Å². The molecule has 1 aliphatic rings. The van der Waals surface area contributed by atoms with Crippen LogP contribution in [0.2, 0.25) is 5.02 Å². The molecule has 0 unspecified atom stereocenters. The molecule has 3 aromatic rings. The van der Waals surface area contributed by atoms with E-state index in [9.17, 15) is 9.59 Å². The van der Waals surface area contributed by atoms with E-state index in [1.54, 1.807) is 43.4 Å². The van der Waals surface area contributed by atoms with Crippen LogP contribution in [0, 0.1) is 5.92 Å². The van der Waals surface area contributed by atoms with Gasteiger partial charge in [-0.3, -0.25) is 9.59 Å². The minimum atomic E-state index is -0.288. The number of nitrogens with one attached hydrogen (secondary N) is 1. The van der Waals surface area contributed by atoms with E-state index >= 15 is 0 Å². The number of piperidine rings is 1. The Balaban J connectivity index is 1.41. The van der Waals surface area contributed by atoms with Crippen LogP contribution < -0.4 is 14.8 Å². The van der Waals surface area contributed by atoms with E-state index in [-0.39, 0.29) is 17.7 Å². The zero-order valence-electron chi connectivity index (χ0n) is 18.3. The molecule has 0 bridgehead atoms. The number of hydrogen-bond donors (Lipinski definition) is 1. The number of hydrogen-bond acceptors (Lipinski definition) is 6. The number of carbonyl (C=O) groups is 2. The molecule has 4 rings (SSSR count). The zero-order chi connectivity index (χ0) is 23.4. The number of halogens is 1. The lowest BCUT2D eigenvalue weighted by Gasteiger charge is -2.32. The second-order valence-electron chi connectivity index (χ2n) is 7.69. The monoisotopic (exact) mass is 485 g/mol. The Morgan fingerprint density at radius 1 is 1.12 bits per heavy atom. The maximum absolute atomic E-state index is 12.9. The molecule has 2 aromatic carbocycles. The summed E-state index contributed by atoms with van der Waals surface area (Å²) in [5.41, 5.74) is 2.17. The highest BCUT2D eigenvalue weighted by Crippen LogP contribution is 2.33. The number of rotatable bonds is 6. The summed E-state index contributed by atoms with van der Waals surface area (Å²) in [6.45, 7) is 1.01. The third-order valence-corrected chi connectivity index (χ3v) is 6.59. The van der Waals surface area contributed by atoms with Crippen LogP contribution in [0.4, 0.5) is 5.13 Å². The maximum atomic E-state index is 12.9. The molecule has 9 heteroatoms. The highest BCUT2D eigenvalue weighted by atomic mass is 35.5. The van der Waals surface area contributed by atoms with Crippen molar-refractivity contribution < 1.29 is 19.1 Å². The molecular weight excluding hydrogens is 462 g/mol. The van der Waals surface area contributed by atoms with Gasteiger partial charge in [0, 0.05) is 34.6 Å². The standard InChI is InChI=1S/C24H24ClN3O4S/c1-31-20-10-7-16(12-21(20)32-2)19-14-33-24(26-19)27-22(29)17-4-3-11-28(13-17)23(30)15-5-8-18(25)9-6-15/h5-10,12,14,17H,3-4,11,13H2,1-2H3,(H,26,27,29)/t17-/m1/s1. The fourth-order valence-electron chi connectivity index (χ4n) is 3.82. The van der Waals surface area contributed by atoms with Gasteiger partial charge >= 0.3 is 0 Å². The van der Waals surface area contributed by atoms with Gasteiger partial charge < -0.3 is 19.7 Å². The quantitative estimate of drug-likeness (QED) is 0.533. The molecular formula is C24H24ClN3O4S. The van der Waals surface area contributed by atoms with E-state index in [1.807, 2.05) is 23.6 Å². The van der Waals surface area contributed by atoms with E-state index < -0.39 is 0 Å². The summed E-state index contributed by atoms with van der Waals surface area (Å²) in [5.74, 6) is 0.746. The summed E-state index contributed by atoms with van der Waals surface area (Å²) in [5, 5.41) is 5.90. The van der Waals surface area contributed by atoms with Gasteiger partial charge in [0.15, 0.2) is 16.6 Å². The number of amides is 2. The highest BCUT2D eigenvalue weighted by molar-refractivity contribution is 7.14. The number of aromatic nitrogens is 1. The van der Waals surface area contributed by atoms with Crippen molar-refractivity contribution in [2.24, 2.45) is 5.92 Å². The predicted molar refractivity (Wildman–Crippen MR) is 129 cm³/mol. The van der Waals surface area contributed by atoms with Crippen molar-refractivity contribution in [3.63, 3.8) is 0 Å². The molecule has 2 heterocycles. The SMILES string of the molecule is COc1ccc(-c2csc(NC(=O)[C@@H]3CCCN(C(=O)c4ccc(Cl)cc4)C3)n2)cc1OC. The Kier molecular flexibility index (Phi) is 7.15. The molecule has 2 amide bonds. The number of nitrogens with zero attached hydrogens (tertiary/aromatic N) is 2. The fourth-order valence-corrected chi connectivity index (χ4v) is 4.67. The zero-order valence-corrected chi connectivity index (χ0v) is 19.9. The first-order valence-electron chi connectivity index (χ1n) is 10.5. The highest BCUT2D eigenvalue weighted by Gasteiger charge is 2.29. The Morgan fingerprint density at radius 3 is 2.61 bits per heavy atom. The lowest BCUT2D eigenvalue weighted by molar-refractivity contribution is -0.121. The molecule has 1 aliphatic heterocycles. The fraction of sp³-hybridized carbons (Fsp3) is 0.292. The Hall–Kier alpha value is -3.10. The normalized spacial score (nSPS) is 15.7. The Morgan fingerprint density at radius 2 is 1.88 bits per heavy atom. The number of thiazole rings is 1. The Bertz CT molecular complexity index is 1150. The molecule has 0 aliphatic carbocycles. The van der Waals surface area contributed by atoms with Gasteiger partial charge in [0.25, 0.3) is 5.91 Å². The van der Waals surface area contributed by atoms with E-state index in [4.69, 9.17) is 21.1 Å². The summed E-state index contributed by atoms with van der Waals surface area (Å²) >= 11 is 7.28. The summed E-state index contributed by atoms with van der Waals surface area (Å²) in [6, 6.07) is 12.4.